The third kappa shape index (κ3) is 2.88. The average molecular weight is 277 g/mol. The number of amides is 1. The van der Waals surface area contributed by atoms with E-state index in [-0.39, 0.29) is 11.9 Å². The Balaban J connectivity index is 1.59. The van der Waals surface area contributed by atoms with Crippen LogP contribution in [0.1, 0.15) is 25.3 Å². The predicted octanol–water partition coefficient (Wildman–Crippen LogP) is 0.0971. The molecule has 1 unspecified atom stereocenters. The minimum atomic E-state index is -0.0546. The molecule has 1 aromatic carbocycles. The highest BCUT2D eigenvalue weighted by Gasteiger charge is 2.29. The number of fused-ring (bicyclic) bond motifs is 1. The quantitative estimate of drug-likeness (QED) is 0.802. The highest BCUT2D eigenvalue weighted by molar-refractivity contribution is 5.80. The molecule has 1 aliphatic carbocycles. The average Bonchev–Trinajstić information content (AvgIpc) is 3.12. The molecule has 5 heteroatoms. The Morgan fingerprint density at radius 1 is 1.40 bits per heavy atom. The molecule has 2 atom stereocenters. The molecule has 1 aromatic rings. The molecule has 1 heterocycles. The van der Waals surface area contributed by atoms with Crippen LogP contribution in [0.2, 0.25) is 0 Å². The van der Waals surface area contributed by atoms with Crippen LogP contribution in [0.4, 0.5) is 0 Å². The first kappa shape index (κ1) is 13.2. The summed E-state index contributed by atoms with van der Waals surface area (Å²) in [6.45, 7) is 3.05. The number of carbonyl (C=O) groups is 1. The second-order valence-corrected chi connectivity index (χ2v) is 5.72. The summed E-state index contributed by atoms with van der Waals surface area (Å²) in [5, 5.41) is 3.06. The number of likely N-dealkylation sites (N-methyl/N-ethyl adjacent to an activating group) is 1. The number of hydrogen-bond acceptors (Lipinski definition) is 3. The first-order chi connectivity index (χ1) is 9.63. The van der Waals surface area contributed by atoms with E-state index in [2.05, 4.69) is 5.32 Å². The molecule has 0 spiro atoms. The van der Waals surface area contributed by atoms with E-state index in [9.17, 15) is 4.79 Å². The first-order valence-electron chi connectivity index (χ1n) is 7.14. The van der Waals surface area contributed by atoms with Gasteiger partial charge in [-0.05, 0) is 38.0 Å². The van der Waals surface area contributed by atoms with Crippen LogP contribution >= 0.6 is 0 Å². The summed E-state index contributed by atoms with van der Waals surface area (Å²) in [6, 6.07) is 6.32. The van der Waals surface area contributed by atoms with E-state index in [0.29, 0.717) is 12.8 Å². The first-order valence-corrected chi connectivity index (χ1v) is 7.14. The van der Waals surface area contributed by atoms with Gasteiger partial charge in [-0.1, -0.05) is 0 Å². The van der Waals surface area contributed by atoms with Crippen LogP contribution in [0.15, 0.2) is 18.2 Å². The monoisotopic (exact) mass is 277 g/mol. The lowest BCUT2D eigenvalue weighted by molar-refractivity contribution is -0.908. The Bertz CT molecular complexity index is 514. The fraction of sp³-hybridized carbons (Fsp3) is 0.533. The maximum Gasteiger partial charge on any atom is 0.278 e. The molecule has 2 N–H and O–H groups in total. The van der Waals surface area contributed by atoms with Gasteiger partial charge in [-0.25, -0.2) is 0 Å². The van der Waals surface area contributed by atoms with E-state index in [1.165, 1.54) is 4.90 Å². The summed E-state index contributed by atoms with van der Waals surface area (Å²) in [6.07, 6.45) is 2.25. The van der Waals surface area contributed by atoms with E-state index in [1.807, 2.05) is 32.2 Å². The van der Waals surface area contributed by atoms with Crippen LogP contribution in [0.3, 0.4) is 0 Å². The normalized spacial score (nSPS) is 19.5. The van der Waals surface area contributed by atoms with Gasteiger partial charge in [0.1, 0.15) is 6.54 Å². The van der Waals surface area contributed by atoms with Gasteiger partial charge in [0.2, 0.25) is 6.79 Å². The van der Waals surface area contributed by atoms with Gasteiger partial charge in [0.15, 0.2) is 17.5 Å². The number of rotatable bonds is 5. The lowest BCUT2D eigenvalue weighted by Crippen LogP contribution is -3.12. The van der Waals surface area contributed by atoms with Crippen molar-refractivity contribution in [1.29, 1.82) is 0 Å². The van der Waals surface area contributed by atoms with E-state index in [0.717, 1.165) is 36.4 Å². The van der Waals surface area contributed by atoms with Gasteiger partial charge in [-0.2, -0.15) is 0 Å². The number of benzene rings is 1. The fourth-order valence-corrected chi connectivity index (χ4v) is 2.30. The van der Waals surface area contributed by atoms with Crippen molar-refractivity contribution >= 4 is 5.91 Å². The largest absolute Gasteiger partial charge is 0.454 e. The van der Waals surface area contributed by atoms with Crippen molar-refractivity contribution in [1.82, 2.24) is 5.32 Å². The molecule has 0 aromatic heterocycles. The molecule has 2 aliphatic rings. The molecule has 0 radical (unpaired) electrons. The van der Waals surface area contributed by atoms with Crippen molar-refractivity contribution in [3.63, 3.8) is 0 Å². The molecule has 1 fully saturated rings. The van der Waals surface area contributed by atoms with Crippen LogP contribution in [0.25, 0.3) is 0 Å². The topological polar surface area (TPSA) is 52.0 Å². The zero-order valence-electron chi connectivity index (χ0n) is 11.9. The smallest absolute Gasteiger partial charge is 0.278 e. The maximum absolute atomic E-state index is 12.0. The van der Waals surface area contributed by atoms with Gasteiger partial charge < -0.3 is 19.7 Å². The lowest BCUT2D eigenvalue weighted by atomic mass is 10.1. The van der Waals surface area contributed by atoms with Gasteiger partial charge >= 0.3 is 0 Å². The highest BCUT2D eigenvalue weighted by Crippen LogP contribution is 2.32. The zero-order chi connectivity index (χ0) is 14.1. The zero-order valence-corrected chi connectivity index (χ0v) is 11.9. The van der Waals surface area contributed by atoms with Crippen molar-refractivity contribution in [3.8, 4) is 11.5 Å². The molecule has 20 heavy (non-hydrogen) atoms. The summed E-state index contributed by atoms with van der Waals surface area (Å²) >= 11 is 0. The van der Waals surface area contributed by atoms with Crippen LogP contribution in [0.5, 0.6) is 11.5 Å². The molecule has 3 rings (SSSR count). The van der Waals surface area contributed by atoms with Crippen LogP contribution in [-0.4, -0.2) is 31.8 Å². The van der Waals surface area contributed by atoms with Gasteiger partial charge in [-0.15, -0.1) is 0 Å². The van der Waals surface area contributed by atoms with Crippen LogP contribution < -0.4 is 19.7 Å². The number of ether oxygens (including phenoxy) is 2. The summed E-state index contributed by atoms with van der Waals surface area (Å²) in [4.78, 5) is 13.2. The molecule has 1 saturated carbocycles. The third-order valence-corrected chi connectivity index (χ3v) is 3.98. The Kier molecular flexibility index (Phi) is 3.53. The number of quaternary nitrogens is 1. The van der Waals surface area contributed by atoms with Gasteiger partial charge in [0, 0.05) is 11.6 Å². The molecular weight excluding hydrogens is 256 g/mol. The van der Waals surface area contributed by atoms with Crippen LogP contribution in [-0.2, 0) is 11.3 Å². The van der Waals surface area contributed by atoms with Crippen LogP contribution in [0, 0.1) is 0 Å². The van der Waals surface area contributed by atoms with Gasteiger partial charge in [-0.3, -0.25) is 4.79 Å². The number of hydrogen-bond donors (Lipinski definition) is 2. The van der Waals surface area contributed by atoms with Gasteiger partial charge in [0.25, 0.3) is 5.91 Å². The van der Waals surface area contributed by atoms with Crippen molar-refractivity contribution in [2.75, 3.05) is 13.8 Å². The maximum atomic E-state index is 12.0. The standard InChI is InChI=1S/C15H20N2O3/c1-10(15(18)16-12-4-5-12)17(2)8-11-3-6-13-14(7-11)20-9-19-13/h3,6-7,10,12H,4-5,8-9H2,1-2H3,(H,16,18)/p+1/t10-/m1/s1. The minimum absolute atomic E-state index is 0.0546. The summed E-state index contributed by atoms with van der Waals surface area (Å²) in [7, 11) is 2.04. The number of carbonyl (C=O) groups excluding carboxylic acids is 1. The van der Waals surface area contributed by atoms with Crippen molar-refractivity contribution < 1.29 is 19.2 Å². The lowest BCUT2D eigenvalue weighted by Gasteiger charge is -2.21. The summed E-state index contributed by atoms with van der Waals surface area (Å²) in [5.41, 5.74) is 1.15. The van der Waals surface area contributed by atoms with Crippen molar-refractivity contribution in [2.45, 2.75) is 38.4 Å². The molecule has 1 amide bonds. The molecule has 5 nitrogen and oxygen atoms in total. The molecular formula is C15H21N2O3+. The predicted molar refractivity (Wildman–Crippen MR) is 73.8 cm³/mol. The van der Waals surface area contributed by atoms with Gasteiger partial charge in [0.05, 0.1) is 7.05 Å². The van der Waals surface area contributed by atoms with E-state index in [1.54, 1.807) is 0 Å². The van der Waals surface area contributed by atoms with E-state index < -0.39 is 0 Å². The molecule has 0 bridgehead atoms. The molecule has 0 saturated heterocycles. The molecule has 108 valence electrons. The van der Waals surface area contributed by atoms with Crippen molar-refractivity contribution in [2.24, 2.45) is 0 Å². The van der Waals surface area contributed by atoms with E-state index >= 15 is 0 Å². The van der Waals surface area contributed by atoms with E-state index in [4.69, 9.17) is 9.47 Å². The Morgan fingerprint density at radius 3 is 2.90 bits per heavy atom. The summed E-state index contributed by atoms with van der Waals surface area (Å²) in [5.74, 6) is 1.74. The Morgan fingerprint density at radius 2 is 2.15 bits per heavy atom. The SMILES string of the molecule is C[C@H](C(=O)NC1CC1)[NH+](C)Cc1ccc2c(c1)OCO2. The Hall–Kier alpha value is -1.75. The van der Waals surface area contributed by atoms with Crippen molar-refractivity contribution in [3.05, 3.63) is 23.8 Å². The fourth-order valence-electron chi connectivity index (χ4n) is 2.30. The third-order valence-electron chi connectivity index (χ3n) is 3.98. The highest BCUT2D eigenvalue weighted by atomic mass is 16.7. The minimum Gasteiger partial charge on any atom is -0.454 e. The Labute approximate surface area is 118 Å². The molecule has 1 aliphatic heterocycles. The second kappa shape index (κ2) is 5.32. The second-order valence-electron chi connectivity index (χ2n) is 5.72. The summed E-state index contributed by atoms with van der Waals surface area (Å²) < 4.78 is 10.7. The number of nitrogens with one attached hydrogen (secondary N) is 2.